The maximum Gasteiger partial charge on any atom is 0.150 e. The van der Waals surface area contributed by atoms with Crippen molar-refractivity contribution in [2.24, 2.45) is 5.10 Å². The van der Waals surface area contributed by atoms with Gasteiger partial charge in [0, 0.05) is 23.2 Å². The van der Waals surface area contributed by atoms with Crippen LogP contribution in [-0.2, 0) is 13.0 Å². The quantitative estimate of drug-likeness (QED) is 0.657. The van der Waals surface area contributed by atoms with E-state index in [9.17, 15) is 0 Å². The average molecular weight is 338 g/mol. The molecule has 1 aromatic carbocycles. The Morgan fingerprint density at radius 3 is 2.79 bits per heavy atom. The van der Waals surface area contributed by atoms with Crippen LogP contribution >= 0.6 is 11.8 Å². The number of rotatable bonds is 5. The van der Waals surface area contributed by atoms with Gasteiger partial charge in [-0.2, -0.15) is 5.10 Å². The zero-order chi connectivity index (χ0) is 16.9. The maximum atomic E-state index is 4.42. The molecule has 0 atom stereocenters. The Labute approximate surface area is 147 Å². The Bertz CT molecular complexity index is 763. The molecule has 0 radical (unpaired) electrons. The molecule has 1 aliphatic rings. The van der Waals surface area contributed by atoms with E-state index < -0.39 is 0 Å². The Morgan fingerprint density at radius 2 is 2.04 bits per heavy atom. The van der Waals surface area contributed by atoms with Crippen molar-refractivity contribution in [1.29, 1.82) is 0 Å². The molecule has 0 bridgehead atoms. The lowest BCUT2D eigenvalue weighted by atomic mass is 10.1. The van der Waals surface area contributed by atoms with Crippen LogP contribution in [0.5, 0.6) is 0 Å². The highest BCUT2D eigenvalue weighted by Crippen LogP contribution is 2.36. The number of benzene rings is 1. The third-order valence-electron chi connectivity index (χ3n) is 3.74. The zero-order valence-electron chi connectivity index (χ0n) is 14.3. The van der Waals surface area contributed by atoms with Crippen LogP contribution in [0, 0.1) is 0 Å². The molecule has 2 aromatic rings. The van der Waals surface area contributed by atoms with Crippen LogP contribution in [0.25, 0.3) is 0 Å². The van der Waals surface area contributed by atoms with Gasteiger partial charge in [0.2, 0.25) is 0 Å². The predicted octanol–water partition coefficient (Wildman–Crippen LogP) is 4.14. The first-order chi connectivity index (χ1) is 11.6. The van der Waals surface area contributed by atoms with Gasteiger partial charge in [0.15, 0.2) is 5.82 Å². The summed E-state index contributed by atoms with van der Waals surface area (Å²) in [5.74, 6) is 0.837. The van der Waals surface area contributed by atoms with E-state index in [4.69, 9.17) is 0 Å². The number of hydrogen-bond donors (Lipinski definition) is 1. The summed E-state index contributed by atoms with van der Waals surface area (Å²) in [4.78, 5) is 9.17. The second-order valence-electron chi connectivity index (χ2n) is 6.11. The van der Waals surface area contributed by atoms with E-state index in [1.807, 2.05) is 12.4 Å². The molecule has 4 nitrogen and oxygen atoms in total. The molecule has 1 aliphatic heterocycles. The first-order valence-electron chi connectivity index (χ1n) is 7.97. The molecule has 0 saturated carbocycles. The number of aromatic nitrogens is 1. The number of anilines is 1. The topological polar surface area (TPSA) is 40.5 Å². The van der Waals surface area contributed by atoms with Crippen molar-refractivity contribution in [1.82, 2.24) is 9.88 Å². The van der Waals surface area contributed by atoms with Gasteiger partial charge in [0.1, 0.15) is 0 Å². The Hall–Kier alpha value is -2.11. The van der Waals surface area contributed by atoms with Crippen LogP contribution in [0.2, 0.25) is 0 Å². The molecule has 1 aromatic heterocycles. The number of thioether (sulfide) groups is 1. The molecule has 0 amide bonds. The Balaban J connectivity index is 1.66. The number of nitrogens with one attached hydrogen (secondary N) is 1. The molecule has 24 heavy (non-hydrogen) atoms. The van der Waals surface area contributed by atoms with Gasteiger partial charge in [0.25, 0.3) is 0 Å². The van der Waals surface area contributed by atoms with Crippen LogP contribution < -0.4 is 5.43 Å². The first kappa shape index (κ1) is 16.7. The molecular weight excluding hydrogens is 316 g/mol. The molecule has 0 spiro atoms. The van der Waals surface area contributed by atoms with Crippen LogP contribution in [0.15, 0.2) is 57.5 Å². The van der Waals surface area contributed by atoms with E-state index in [0.717, 1.165) is 24.3 Å². The van der Waals surface area contributed by atoms with Crippen molar-refractivity contribution in [3.05, 3.63) is 64.2 Å². The van der Waals surface area contributed by atoms with Crippen molar-refractivity contribution >= 4 is 23.8 Å². The minimum atomic E-state index is 0.837. The normalized spacial score (nSPS) is 13.9. The van der Waals surface area contributed by atoms with Crippen molar-refractivity contribution in [3.63, 3.8) is 0 Å². The van der Waals surface area contributed by atoms with E-state index in [2.05, 4.69) is 77.8 Å². The fraction of sp³-hybridized carbons (Fsp3) is 0.263. The third kappa shape index (κ3) is 4.24. The lowest BCUT2D eigenvalue weighted by molar-refractivity contribution is 0.402. The average Bonchev–Trinajstić information content (AvgIpc) is 2.56. The van der Waals surface area contributed by atoms with Crippen LogP contribution in [0.1, 0.15) is 23.6 Å². The molecule has 0 aliphatic carbocycles. The van der Waals surface area contributed by atoms with Crippen LogP contribution in [0.3, 0.4) is 0 Å². The number of pyridine rings is 1. The fourth-order valence-corrected chi connectivity index (χ4v) is 3.51. The molecule has 0 saturated heterocycles. The molecule has 5 heteroatoms. The highest BCUT2D eigenvalue weighted by Gasteiger charge is 2.13. The van der Waals surface area contributed by atoms with Gasteiger partial charge in [-0.15, -0.1) is 0 Å². The second-order valence-corrected chi connectivity index (χ2v) is 7.39. The molecule has 2 heterocycles. The van der Waals surface area contributed by atoms with E-state index in [1.165, 1.54) is 20.9 Å². The number of nitrogens with zero attached hydrogens (tertiary/aromatic N) is 3. The molecule has 0 unspecified atom stereocenters. The van der Waals surface area contributed by atoms with E-state index in [1.54, 1.807) is 11.8 Å². The number of hydrazone groups is 1. The first-order valence-corrected chi connectivity index (χ1v) is 8.79. The molecule has 0 fully saturated rings. The summed E-state index contributed by atoms with van der Waals surface area (Å²) in [6.45, 7) is 3.08. The summed E-state index contributed by atoms with van der Waals surface area (Å²) >= 11 is 1.79. The van der Waals surface area contributed by atoms with Gasteiger partial charge in [-0.3, -0.25) is 5.43 Å². The monoisotopic (exact) mass is 338 g/mol. The third-order valence-corrected chi connectivity index (χ3v) is 4.83. The smallest absolute Gasteiger partial charge is 0.150 e. The fourth-order valence-electron chi connectivity index (χ4n) is 2.57. The Morgan fingerprint density at radius 1 is 1.25 bits per heavy atom. The molecule has 124 valence electrons. The lowest BCUT2D eigenvalue weighted by Crippen LogP contribution is -2.10. The van der Waals surface area contributed by atoms with Gasteiger partial charge in [-0.25, -0.2) is 4.98 Å². The summed E-state index contributed by atoms with van der Waals surface area (Å²) in [7, 11) is 4.14. The molecule has 1 N–H and O–H groups in total. The summed E-state index contributed by atoms with van der Waals surface area (Å²) in [5, 5.41) is 4.35. The summed E-state index contributed by atoms with van der Waals surface area (Å²) in [6, 6.07) is 10.5. The minimum Gasteiger partial charge on any atom is -0.305 e. The number of fused-ring (bicyclic) bond motifs is 1. The molecule has 3 rings (SSSR count). The van der Waals surface area contributed by atoms with Gasteiger partial charge < -0.3 is 4.90 Å². The van der Waals surface area contributed by atoms with Gasteiger partial charge >= 0.3 is 0 Å². The standard InChI is InChI=1S/C19H22N4S/c1-14-4-9-17-18(24-14)10-11-20-19(17)22-21-12-15-5-7-16(8-6-15)13-23(2)3/h4-8,10-12H,9,13H2,1-3H3,(H,20,22)/b21-12+. The predicted molar refractivity (Wildman–Crippen MR) is 103 cm³/mol. The molecular formula is C19H22N4S. The van der Waals surface area contributed by atoms with Gasteiger partial charge in [-0.05, 0) is 49.5 Å². The van der Waals surface area contributed by atoms with Gasteiger partial charge in [-0.1, -0.05) is 42.1 Å². The van der Waals surface area contributed by atoms with E-state index in [0.29, 0.717) is 0 Å². The SMILES string of the molecule is CC1=CCc2c(ccnc2N/N=C/c2ccc(CN(C)C)cc2)S1. The highest BCUT2D eigenvalue weighted by atomic mass is 32.2. The Kier molecular flexibility index (Phi) is 5.33. The second kappa shape index (κ2) is 7.64. The maximum absolute atomic E-state index is 4.42. The number of hydrogen-bond acceptors (Lipinski definition) is 5. The van der Waals surface area contributed by atoms with Gasteiger partial charge in [0.05, 0.1) is 6.21 Å². The summed E-state index contributed by atoms with van der Waals surface area (Å²) < 4.78 is 0. The van der Waals surface area contributed by atoms with E-state index in [-0.39, 0.29) is 0 Å². The summed E-state index contributed by atoms with van der Waals surface area (Å²) in [5.41, 5.74) is 6.67. The van der Waals surface area contributed by atoms with Crippen LogP contribution in [-0.4, -0.2) is 30.2 Å². The zero-order valence-corrected chi connectivity index (χ0v) is 15.1. The largest absolute Gasteiger partial charge is 0.305 e. The lowest BCUT2D eigenvalue weighted by Gasteiger charge is -2.16. The summed E-state index contributed by atoms with van der Waals surface area (Å²) in [6.07, 6.45) is 6.79. The van der Waals surface area contributed by atoms with Crippen molar-refractivity contribution < 1.29 is 0 Å². The highest BCUT2D eigenvalue weighted by molar-refractivity contribution is 8.03. The van der Waals surface area contributed by atoms with Crippen LogP contribution in [0.4, 0.5) is 5.82 Å². The van der Waals surface area contributed by atoms with Crippen molar-refractivity contribution in [3.8, 4) is 0 Å². The number of allylic oxidation sites excluding steroid dienone is 2. The van der Waals surface area contributed by atoms with Crippen molar-refractivity contribution in [2.75, 3.05) is 19.5 Å². The van der Waals surface area contributed by atoms with E-state index >= 15 is 0 Å². The minimum absolute atomic E-state index is 0.837. The van der Waals surface area contributed by atoms with Crippen molar-refractivity contribution in [2.45, 2.75) is 24.8 Å².